The van der Waals surface area contributed by atoms with E-state index in [2.05, 4.69) is 4.98 Å². The zero-order valence-corrected chi connectivity index (χ0v) is 16.6. The average Bonchev–Trinajstić information content (AvgIpc) is 3.07. The molecule has 1 aliphatic rings. The van der Waals surface area contributed by atoms with Gasteiger partial charge in [0, 0.05) is 36.3 Å². The number of nitrogens with zero attached hydrogens (tertiary/aromatic N) is 3. The van der Waals surface area contributed by atoms with Gasteiger partial charge in [-0.1, -0.05) is 42.5 Å². The van der Waals surface area contributed by atoms with Crippen LogP contribution in [0, 0.1) is 0 Å². The molecule has 0 saturated carbocycles. The summed E-state index contributed by atoms with van der Waals surface area (Å²) in [6, 6.07) is 14.4. The van der Waals surface area contributed by atoms with Gasteiger partial charge in [-0.25, -0.2) is 9.78 Å². The number of hydrogen-bond acceptors (Lipinski definition) is 5. The summed E-state index contributed by atoms with van der Waals surface area (Å²) >= 11 is 0. The number of fused-ring (bicyclic) bond motifs is 4. The quantitative estimate of drug-likeness (QED) is 0.456. The lowest BCUT2D eigenvalue weighted by Crippen LogP contribution is -2.37. The first-order valence-corrected chi connectivity index (χ1v) is 9.37. The Hall–Kier alpha value is -4.00. The van der Waals surface area contributed by atoms with Gasteiger partial charge >= 0.3 is 5.69 Å². The van der Waals surface area contributed by atoms with E-state index in [-0.39, 0.29) is 16.8 Å². The normalized spacial score (nSPS) is 12.2. The van der Waals surface area contributed by atoms with Crippen molar-refractivity contribution in [2.24, 2.45) is 14.1 Å². The summed E-state index contributed by atoms with van der Waals surface area (Å²) < 4.78 is 7.90. The minimum Gasteiger partial charge on any atom is -0.496 e. The van der Waals surface area contributed by atoms with Crippen molar-refractivity contribution in [3.63, 3.8) is 0 Å². The molecule has 0 spiro atoms. The molecule has 4 aromatic rings. The van der Waals surface area contributed by atoms with Crippen molar-refractivity contribution < 1.29 is 9.53 Å². The van der Waals surface area contributed by atoms with E-state index in [1.807, 2.05) is 24.3 Å². The number of ether oxygens (including phenoxy) is 1. The Labute approximate surface area is 170 Å². The Morgan fingerprint density at radius 1 is 0.800 bits per heavy atom. The number of aryl methyl sites for hydroxylation is 1. The fourth-order valence-corrected chi connectivity index (χ4v) is 4.15. The number of methoxy groups -OCH3 is 1. The number of aromatic nitrogens is 3. The lowest BCUT2D eigenvalue weighted by molar-refractivity contribution is 0.104. The largest absolute Gasteiger partial charge is 0.496 e. The number of para-hydroxylation sites is 1. The highest BCUT2D eigenvalue weighted by molar-refractivity contribution is 6.26. The molecule has 7 heteroatoms. The van der Waals surface area contributed by atoms with E-state index in [0.29, 0.717) is 39.3 Å². The molecular weight excluding hydrogens is 382 g/mol. The molecule has 0 N–H and O–H groups in total. The molecule has 30 heavy (non-hydrogen) atoms. The molecule has 0 unspecified atom stereocenters. The van der Waals surface area contributed by atoms with Crippen molar-refractivity contribution in [2.75, 3.05) is 7.11 Å². The van der Waals surface area contributed by atoms with Crippen LogP contribution in [0.2, 0.25) is 0 Å². The van der Waals surface area contributed by atoms with Crippen molar-refractivity contribution >= 4 is 16.8 Å². The number of ketones is 1. The molecule has 2 heterocycles. The SMILES string of the molecule is COc1ccccc1-c1c2c(nc3c1c(=O)n(C)c(=O)n3C)-c1ccccc1C2=O. The Morgan fingerprint density at radius 3 is 2.13 bits per heavy atom. The molecule has 7 nitrogen and oxygen atoms in total. The topological polar surface area (TPSA) is 83.2 Å². The van der Waals surface area contributed by atoms with Crippen LogP contribution in [0.5, 0.6) is 5.75 Å². The van der Waals surface area contributed by atoms with Gasteiger partial charge in [0.05, 0.1) is 23.8 Å². The number of carbonyl (C=O) groups is 1. The third kappa shape index (κ3) is 2.20. The molecule has 2 aromatic carbocycles. The first-order chi connectivity index (χ1) is 14.5. The van der Waals surface area contributed by atoms with Crippen LogP contribution >= 0.6 is 0 Å². The van der Waals surface area contributed by atoms with Crippen LogP contribution in [0.1, 0.15) is 15.9 Å². The number of carbonyl (C=O) groups excluding carboxylic acids is 1. The molecule has 5 rings (SSSR count). The molecule has 0 amide bonds. The second-order valence-corrected chi connectivity index (χ2v) is 7.19. The minimum absolute atomic E-state index is 0.202. The zero-order valence-electron chi connectivity index (χ0n) is 16.6. The molecular formula is C23H17N3O4. The van der Waals surface area contributed by atoms with Crippen LogP contribution in [0.15, 0.2) is 58.1 Å². The Balaban J connectivity index is 2.10. The van der Waals surface area contributed by atoms with Crippen LogP contribution in [-0.2, 0) is 14.1 Å². The average molecular weight is 399 g/mol. The fourth-order valence-electron chi connectivity index (χ4n) is 4.15. The fraction of sp³-hybridized carbons (Fsp3) is 0.130. The lowest BCUT2D eigenvalue weighted by atomic mass is 9.94. The van der Waals surface area contributed by atoms with Crippen molar-refractivity contribution in [1.82, 2.24) is 14.1 Å². The van der Waals surface area contributed by atoms with E-state index >= 15 is 0 Å². The van der Waals surface area contributed by atoms with Gasteiger partial charge in [-0.2, -0.15) is 0 Å². The predicted molar refractivity (Wildman–Crippen MR) is 113 cm³/mol. The molecule has 0 bridgehead atoms. The van der Waals surface area contributed by atoms with Crippen molar-refractivity contribution in [2.45, 2.75) is 0 Å². The maximum absolute atomic E-state index is 13.4. The summed E-state index contributed by atoms with van der Waals surface area (Å²) in [5, 5.41) is 0.212. The van der Waals surface area contributed by atoms with Gasteiger partial charge in [0.1, 0.15) is 5.75 Å². The van der Waals surface area contributed by atoms with Crippen LogP contribution in [0.3, 0.4) is 0 Å². The van der Waals surface area contributed by atoms with Gasteiger partial charge in [-0.05, 0) is 6.07 Å². The van der Waals surface area contributed by atoms with Crippen LogP contribution in [-0.4, -0.2) is 27.0 Å². The maximum atomic E-state index is 13.4. The predicted octanol–water partition coefficient (Wildman–Crippen LogP) is 2.52. The highest BCUT2D eigenvalue weighted by Crippen LogP contribution is 2.44. The summed E-state index contributed by atoms with van der Waals surface area (Å²) in [7, 11) is 4.52. The number of rotatable bonds is 2. The van der Waals surface area contributed by atoms with E-state index in [1.165, 1.54) is 18.7 Å². The summed E-state index contributed by atoms with van der Waals surface area (Å²) in [6.45, 7) is 0. The first kappa shape index (κ1) is 18.1. The van der Waals surface area contributed by atoms with E-state index in [9.17, 15) is 14.4 Å². The van der Waals surface area contributed by atoms with Crippen LogP contribution in [0.25, 0.3) is 33.4 Å². The van der Waals surface area contributed by atoms with Gasteiger partial charge in [0.25, 0.3) is 5.56 Å². The summed E-state index contributed by atoms with van der Waals surface area (Å²) in [4.78, 5) is 43.9. The number of hydrogen-bond donors (Lipinski definition) is 0. The van der Waals surface area contributed by atoms with Gasteiger partial charge in [-0.3, -0.25) is 18.7 Å². The van der Waals surface area contributed by atoms with Crippen molar-refractivity contribution in [3.8, 4) is 28.1 Å². The third-order valence-electron chi connectivity index (χ3n) is 5.62. The van der Waals surface area contributed by atoms with Crippen LogP contribution in [0.4, 0.5) is 0 Å². The number of pyridine rings is 1. The molecule has 0 aliphatic heterocycles. The molecule has 0 saturated heterocycles. The Morgan fingerprint density at radius 2 is 1.43 bits per heavy atom. The third-order valence-corrected chi connectivity index (χ3v) is 5.62. The van der Waals surface area contributed by atoms with E-state index in [0.717, 1.165) is 4.57 Å². The van der Waals surface area contributed by atoms with Crippen LogP contribution < -0.4 is 16.0 Å². The first-order valence-electron chi connectivity index (χ1n) is 9.37. The summed E-state index contributed by atoms with van der Waals surface area (Å²) in [5.74, 6) is 0.318. The van der Waals surface area contributed by atoms with E-state index in [1.54, 1.807) is 31.3 Å². The maximum Gasteiger partial charge on any atom is 0.332 e. The second-order valence-electron chi connectivity index (χ2n) is 7.19. The van der Waals surface area contributed by atoms with Gasteiger partial charge in [0.2, 0.25) is 0 Å². The summed E-state index contributed by atoms with van der Waals surface area (Å²) in [6.07, 6.45) is 0. The standard InChI is InChI=1S/C23H17N3O4/c1-25-21-18(22(28)26(2)23(25)29)16(14-10-6-7-11-15(14)30-3)17-19(24-21)12-8-4-5-9-13(12)20(17)27/h4-11H,1-3H3. The van der Waals surface area contributed by atoms with Gasteiger partial charge in [0.15, 0.2) is 11.4 Å². The zero-order chi connectivity index (χ0) is 21.2. The highest BCUT2D eigenvalue weighted by Gasteiger charge is 2.34. The smallest absolute Gasteiger partial charge is 0.332 e. The van der Waals surface area contributed by atoms with Gasteiger partial charge in [-0.15, -0.1) is 0 Å². The number of benzene rings is 2. The molecule has 0 radical (unpaired) electrons. The van der Waals surface area contributed by atoms with Gasteiger partial charge < -0.3 is 4.74 Å². The van der Waals surface area contributed by atoms with Crippen molar-refractivity contribution in [3.05, 3.63) is 80.5 Å². The monoisotopic (exact) mass is 399 g/mol. The second kappa shape index (κ2) is 6.25. The van der Waals surface area contributed by atoms with E-state index in [4.69, 9.17) is 4.74 Å². The molecule has 2 aromatic heterocycles. The Bertz CT molecular complexity index is 1510. The Kier molecular flexibility index (Phi) is 3.76. The molecule has 1 aliphatic carbocycles. The van der Waals surface area contributed by atoms with Crippen molar-refractivity contribution in [1.29, 1.82) is 0 Å². The lowest BCUT2D eigenvalue weighted by Gasteiger charge is -2.16. The molecule has 0 atom stereocenters. The molecule has 148 valence electrons. The summed E-state index contributed by atoms with van der Waals surface area (Å²) in [5.41, 5.74) is 2.29. The minimum atomic E-state index is -0.506. The molecule has 0 fully saturated rings. The highest BCUT2D eigenvalue weighted by atomic mass is 16.5. The van der Waals surface area contributed by atoms with E-state index < -0.39 is 11.2 Å².